The van der Waals surface area contributed by atoms with Gasteiger partial charge in [-0.3, -0.25) is 0 Å². The Hall–Kier alpha value is -0.170. The number of hydrogen-bond acceptors (Lipinski definition) is 3. The lowest BCUT2D eigenvalue weighted by molar-refractivity contribution is 0.215. The predicted molar refractivity (Wildman–Crippen MR) is 77.2 cm³/mol. The summed E-state index contributed by atoms with van der Waals surface area (Å²) in [4.78, 5) is 0. The van der Waals surface area contributed by atoms with Gasteiger partial charge in [0.1, 0.15) is 0 Å². The van der Waals surface area contributed by atoms with Gasteiger partial charge in [0, 0.05) is 32.2 Å². The molecule has 19 heavy (non-hydrogen) atoms. The molecular formula is C13H27N3O2S. The number of nitrogens with zero attached hydrogens (tertiary/aromatic N) is 2. The minimum atomic E-state index is -3.25. The van der Waals surface area contributed by atoms with Crippen molar-refractivity contribution in [2.24, 2.45) is 5.92 Å². The van der Waals surface area contributed by atoms with Gasteiger partial charge in [0.25, 0.3) is 10.2 Å². The molecule has 0 spiro atoms. The Kier molecular flexibility index (Phi) is 5.22. The molecule has 112 valence electrons. The van der Waals surface area contributed by atoms with Crippen molar-refractivity contribution < 1.29 is 8.42 Å². The van der Waals surface area contributed by atoms with E-state index in [-0.39, 0.29) is 0 Å². The zero-order valence-corrected chi connectivity index (χ0v) is 13.0. The van der Waals surface area contributed by atoms with Crippen LogP contribution in [0, 0.1) is 5.92 Å². The predicted octanol–water partition coefficient (Wildman–Crippen LogP) is 1.04. The summed E-state index contributed by atoms with van der Waals surface area (Å²) in [5, 5.41) is 3.52. The van der Waals surface area contributed by atoms with Crippen LogP contribution in [0.3, 0.4) is 0 Å². The molecule has 0 aromatic rings. The summed E-state index contributed by atoms with van der Waals surface area (Å²) in [5.74, 6) is 0.488. The minimum Gasteiger partial charge on any atom is -0.314 e. The fraction of sp³-hybridized carbons (Fsp3) is 1.00. The molecule has 0 aromatic heterocycles. The van der Waals surface area contributed by atoms with Gasteiger partial charge < -0.3 is 5.32 Å². The van der Waals surface area contributed by atoms with Gasteiger partial charge in [-0.15, -0.1) is 0 Å². The highest BCUT2D eigenvalue weighted by Crippen LogP contribution is 2.27. The zero-order chi connectivity index (χ0) is 13.9. The number of piperidine rings is 1. The SMILES string of the molecule is CCN(CC)S(=O)(=O)N1CCCC(C2CCCN2)C1. The van der Waals surface area contributed by atoms with Crippen molar-refractivity contribution in [3.63, 3.8) is 0 Å². The van der Waals surface area contributed by atoms with Crippen molar-refractivity contribution >= 4 is 10.2 Å². The van der Waals surface area contributed by atoms with Crippen molar-refractivity contribution in [3.8, 4) is 0 Å². The number of hydrogen-bond donors (Lipinski definition) is 1. The Balaban J connectivity index is 2.03. The minimum absolute atomic E-state index is 0.488. The van der Waals surface area contributed by atoms with Crippen molar-refractivity contribution in [3.05, 3.63) is 0 Å². The van der Waals surface area contributed by atoms with Gasteiger partial charge in [-0.25, -0.2) is 0 Å². The van der Waals surface area contributed by atoms with Gasteiger partial charge in [0.2, 0.25) is 0 Å². The maximum absolute atomic E-state index is 12.5. The van der Waals surface area contributed by atoms with Crippen molar-refractivity contribution in [1.29, 1.82) is 0 Å². The van der Waals surface area contributed by atoms with Gasteiger partial charge in [0.15, 0.2) is 0 Å². The molecule has 0 radical (unpaired) electrons. The van der Waals surface area contributed by atoms with Crippen molar-refractivity contribution in [2.75, 3.05) is 32.7 Å². The lowest BCUT2D eigenvalue weighted by atomic mass is 9.91. The Labute approximate surface area is 117 Å². The summed E-state index contributed by atoms with van der Waals surface area (Å²) in [6, 6.07) is 0.523. The van der Waals surface area contributed by atoms with E-state index in [1.165, 1.54) is 12.8 Å². The normalized spacial score (nSPS) is 30.1. The summed E-state index contributed by atoms with van der Waals surface area (Å²) < 4.78 is 28.3. The average Bonchev–Trinajstić information content (AvgIpc) is 2.94. The largest absolute Gasteiger partial charge is 0.314 e. The van der Waals surface area contributed by atoms with Gasteiger partial charge >= 0.3 is 0 Å². The molecule has 0 aromatic carbocycles. The van der Waals surface area contributed by atoms with Gasteiger partial charge in [0.05, 0.1) is 0 Å². The highest BCUT2D eigenvalue weighted by Gasteiger charge is 2.35. The lowest BCUT2D eigenvalue weighted by Gasteiger charge is -2.37. The number of nitrogens with one attached hydrogen (secondary N) is 1. The van der Waals surface area contributed by atoms with Crippen LogP contribution in [0.15, 0.2) is 0 Å². The summed E-state index contributed by atoms with van der Waals surface area (Å²) in [6.07, 6.45) is 4.57. The third-order valence-corrected chi connectivity index (χ3v) is 6.60. The molecule has 2 rings (SSSR count). The van der Waals surface area contributed by atoms with E-state index in [0.29, 0.717) is 38.1 Å². The third kappa shape index (κ3) is 3.29. The van der Waals surface area contributed by atoms with Gasteiger partial charge in [-0.05, 0) is 38.1 Å². The molecule has 0 aliphatic carbocycles. The summed E-state index contributed by atoms with van der Waals surface area (Å²) in [5.41, 5.74) is 0. The van der Waals surface area contributed by atoms with E-state index in [1.807, 2.05) is 13.8 Å². The number of rotatable bonds is 5. The summed E-state index contributed by atoms with van der Waals surface area (Å²) in [7, 11) is -3.25. The molecule has 6 heteroatoms. The van der Waals surface area contributed by atoms with Crippen LogP contribution in [0.25, 0.3) is 0 Å². The molecule has 2 aliphatic rings. The molecule has 1 N–H and O–H groups in total. The van der Waals surface area contributed by atoms with E-state index in [4.69, 9.17) is 0 Å². The van der Waals surface area contributed by atoms with Crippen LogP contribution in [0.5, 0.6) is 0 Å². The molecule has 0 amide bonds. The quantitative estimate of drug-likeness (QED) is 0.823. The van der Waals surface area contributed by atoms with Crippen LogP contribution in [0.1, 0.15) is 39.5 Å². The smallest absolute Gasteiger partial charge is 0.281 e. The molecule has 2 heterocycles. The highest BCUT2D eigenvalue weighted by molar-refractivity contribution is 7.86. The topological polar surface area (TPSA) is 52.7 Å². The molecule has 2 atom stereocenters. The first-order chi connectivity index (χ1) is 9.09. The van der Waals surface area contributed by atoms with E-state index in [0.717, 1.165) is 19.4 Å². The van der Waals surface area contributed by atoms with E-state index < -0.39 is 10.2 Å². The highest BCUT2D eigenvalue weighted by atomic mass is 32.2. The summed E-state index contributed by atoms with van der Waals surface area (Å²) in [6.45, 7) is 7.38. The van der Waals surface area contributed by atoms with Crippen LogP contribution in [-0.4, -0.2) is 55.8 Å². The Bertz CT molecular complexity index is 375. The van der Waals surface area contributed by atoms with E-state index in [1.54, 1.807) is 8.61 Å². The fourth-order valence-corrected chi connectivity index (χ4v) is 5.06. The van der Waals surface area contributed by atoms with Crippen LogP contribution < -0.4 is 5.32 Å². The van der Waals surface area contributed by atoms with Crippen LogP contribution in [0.4, 0.5) is 0 Å². The van der Waals surface area contributed by atoms with Gasteiger partial charge in [-0.1, -0.05) is 13.8 Å². The standard InChI is InChI=1S/C13H27N3O2S/c1-3-15(4-2)19(17,18)16-10-6-7-12(11-16)13-8-5-9-14-13/h12-14H,3-11H2,1-2H3. The molecule has 2 unspecified atom stereocenters. The molecule has 2 aliphatic heterocycles. The third-order valence-electron chi connectivity index (χ3n) is 4.45. The fourth-order valence-electron chi connectivity index (χ4n) is 3.34. The molecule has 2 fully saturated rings. The summed E-state index contributed by atoms with van der Waals surface area (Å²) >= 11 is 0. The molecular weight excluding hydrogens is 262 g/mol. The van der Waals surface area contributed by atoms with E-state index in [2.05, 4.69) is 5.32 Å². The second kappa shape index (κ2) is 6.52. The Morgan fingerprint density at radius 2 is 1.95 bits per heavy atom. The Morgan fingerprint density at radius 3 is 2.53 bits per heavy atom. The maximum Gasteiger partial charge on any atom is 0.281 e. The average molecular weight is 289 g/mol. The van der Waals surface area contributed by atoms with Crippen molar-refractivity contribution in [2.45, 2.75) is 45.6 Å². The second-order valence-electron chi connectivity index (χ2n) is 5.56. The van der Waals surface area contributed by atoms with Crippen molar-refractivity contribution in [1.82, 2.24) is 13.9 Å². The second-order valence-corrected chi connectivity index (χ2v) is 7.48. The monoisotopic (exact) mass is 289 g/mol. The Morgan fingerprint density at radius 1 is 1.21 bits per heavy atom. The van der Waals surface area contributed by atoms with E-state index >= 15 is 0 Å². The van der Waals surface area contributed by atoms with E-state index in [9.17, 15) is 8.42 Å². The molecule has 5 nitrogen and oxygen atoms in total. The first kappa shape index (κ1) is 15.2. The first-order valence-electron chi connectivity index (χ1n) is 7.58. The maximum atomic E-state index is 12.5. The lowest BCUT2D eigenvalue weighted by Crippen LogP contribution is -2.50. The van der Waals surface area contributed by atoms with Crippen LogP contribution >= 0.6 is 0 Å². The zero-order valence-electron chi connectivity index (χ0n) is 12.1. The van der Waals surface area contributed by atoms with Crippen LogP contribution in [-0.2, 0) is 10.2 Å². The first-order valence-corrected chi connectivity index (χ1v) is 8.97. The van der Waals surface area contributed by atoms with Crippen LogP contribution in [0.2, 0.25) is 0 Å². The molecule has 0 saturated carbocycles. The molecule has 0 bridgehead atoms. The van der Waals surface area contributed by atoms with Gasteiger partial charge in [-0.2, -0.15) is 17.0 Å². The molecule has 2 saturated heterocycles.